The van der Waals surface area contributed by atoms with Gasteiger partial charge in [0.15, 0.2) is 5.78 Å². The van der Waals surface area contributed by atoms with Crippen LogP contribution < -0.4 is 0 Å². The number of aliphatic hydroxyl groups excluding tert-OH is 1. The van der Waals surface area contributed by atoms with Crippen LogP contribution in [0, 0.1) is 38.7 Å². The number of pyridine rings is 1. The number of hydrogen-bond donors (Lipinski definition) is 1. The van der Waals surface area contributed by atoms with E-state index in [4.69, 9.17) is 0 Å². The largest absolute Gasteiger partial charge is 0.512 e. The molecular weight excluding hydrogens is 691 g/mol. The zero-order valence-corrected chi connectivity index (χ0v) is 28.0. The van der Waals surface area contributed by atoms with Crippen LogP contribution in [-0.2, 0) is 24.9 Å². The molecule has 4 rings (SSSR count). The van der Waals surface area contributed by atoms with Gasteiger partial charge in [-0.2, -0.15) is 0 Å². The van der Waals surface area contributed by atoms with Gasteiger partial charge in [0, 0.05) is 59.5 Å². The molecular formula is C35H42IrNO2S-. The molecule has 5 heteroatoms. The van der Waals surface area contributed by atoms with Crippen molar-refractivity contribution in [2.45, 2.75) is 74.1 Å². The van der Waals surface area contributed by atoms with Crippen molar-refractivity contribution in [3.63, 3.8) is 0 Å². The average molecular weight is 733 g/mol. The number of fused-ring (bicyclic) bond motifs is 1. The molecule has 2 aromatic carbocycles. The summed E-state index contributed by atoms with van der Waals surface area (Å²) in [4.78, 5) is 17.7. The number of nitrogens with zero attached hydrogens (tertiary/aromatic N) is 1. The summed E-state index contributed by atoms with van der Waals surface area (Å²) in [5.74, 6) is 0.547. The van der Waals surface area contributed by atoms with Crippen molar-refractivity contribution in [1.29, 1.82) is 0 Å². The Kier molecular flexibility index (Phi) is 13.4. The van der Waals surface area contributed by atoms with Gasteiger partial charge in [0.25, 0.3) is 0 Å². The van der Waals surface area contributed by atoms with Crippen LogP contribution in [0.4, 0.5) is 0 Å². The van der Waals surface area contributed by atoms with E-state index in [0.29, 0.717) is 0 Å². The molecule has 40 heavy (non-hydrogen) atoms. The van der Waals surface area contributed by atoms with E-state index in [1.165, 1.54) is 37.7 Å². The van der Waals surface area contributed by atoms with E-state index in [1.807, 2.05) is 45.2 Å². The Morgan fingerprint density at radius 3 is 2.15 bits per heavy atom. The van der Waals surface area contributed by atoms with Gasteiger partial charge in [-0.25, -0.2) is 0 Å². The van der Waals surface area contributed by atoms with Gasteiger partial charge in [0.2, 0.25) is 0 Å². The predicted molar refractivity (Wildman–Crippen MR) is 167 cm³/mol. The molecule has 0 fully saturated rings. The van der Waals surface area contributed by atoms with Gasteiger partial charge < -0.3 is 10.1 Å². The van der Waals surface area contributed by atoms with Crippen molar-refractivity contribution in [1.82, 2.24) is 4.98 Å². The fraction of sp³-hybridized carbons (Fsp3) is 0.371. The van der Waals surface area contributed by atoms with Crippen molar-refractivity contribution in [2.24, 2.45) is 11.8 Å². The summed E-state index contributed by atoms with van der Waals surface area (Å²) in [6.07, 6.45) is 6.82. The van der Waals surface area contributed by atoms with Crippen LogP contribution in [0.2, 0.25) is 0 Å². The van der Waals surface area contributed by atoms with Crippen molar-refractivity contribution in [2.75, 3.05) is 0 Å². The standard InChI is InChI=1S/C22H18NS.C13H24O2.Ir/c1-14-11-15(2)13-18(12-14)20-22-19(9-10-23-20)16(3)21(24-22)17-7-5-4-6-8-17;1-5-10(6-2)12(14)9-13(15)11(7-3)8-4;/h4-12H,1-3H3;9-11,14H,5-8H2,1-4H3;/q-1;;/b;12-9-;. The molecule has 0 saturated heterocycles. The van der Waals surface area contributed by atoms with Crippen LogP contribution in [-0.4, -0.2) is 15.9 Å². The van der Waals surface area contributed by atoms with E-state index in [1.54, 1.807) is 0 Å². The number of carbonyl (C=O) groups excluding carboxylic acids is 1. The minimum atomic E-state index is 0. The third kappa shape index (κ3) is 8.22. The van der Waals surface area contributed by atoms with Gasteiger partial charge in [0.1, 0.15) is 0 Å². The van der Waals surface area contributed by atoms with Gasteiger partial charge in [-0.15, -0.1) is 46.2 Å². The Morgan fingerprint density at radius 1 is 0.950 bits per heavy atom. The Bertz CT molecular complexity index is 1400. The zero-order valence-electron chi connectivity index (χ0n) is 24.8. The summed E-state index contributed by atoms with van der Waals surface area (Å²) in [6, 6.07) is 20.5. The van der Waals surface area contributed by atoms with E-state index in [9.17, 15) is 9.90 Å². The number of aromatic nitrogens is 1. The number of aliphatic hydroxyl groups is 1. The Labute approximate surface area is 258 Å². The van der Waals surface area contributed by atoms with E-state index in [0.717, 1.165) is 42.5 Å². The molecule has 0 aliphatic heterocycles. The summed E-state index contributed by atoms with van der Waals surface area (Å²) in [7, 11) is 0. The predicted octanol–water partition coefficient (Wildman–Crippen LogP) is 10.2. The molecule has 1 radical (unpaired) electrons. The molecule has 0 aliphatic rings. The van der Waals surface area contributed by atoms with Crippen LogP contribution in [0.1, 0.15) is 70.1 Å². The van der Waals surface area contributed by atoms with Gasteiger partial charge in [0.05, 0.1) is 5.76 Å². The quantitative estimate of drug-likeness (QED) is 0.106. The zero-order chi connectivity index (χ0) is 28.5. The second-order valence-electron chi connectivity index (χ2n) is 10.2. The number of aryl methyl sites for hydroxylation is 3. The van der Waals surface area contributed by atoms with Crippen LogP contribution in [0.15, 0.2) is 66.6 Å². The molecule has 0 unspecified atom stereocenters. The van der Waals surface area contributed by atoms with Crippen molar-refractivity contribution in [3.8, 4) is 21.7 Å². The summed E-state index contributed by atoms with van der Waals surface area (Å²) in [5, 5.41) is 11.0. The van der Waals surface area contributed by atoms with Crippen LogP contribution in [0.5, 0.6) is 0 Å². The number of allylic oxidation sites excluding steroid dienone is 2. The van der Waals surface area contributed by atoms with Crippen molar-refractivity contribution >= 4 is 27.2 Å². The Balaban J connectivity index is 0.000000307. The molecule has 0 saturated carbocycles. The van der Waals surface area contributed by atoms with Crippen LogP contribution >= 0.6 is 11.3 Å². The molecule has 2 heterocycles. The SMILES string of the molecule is CCC(CC)C(=O)/C=C(\O)C(CC)CC.Cc1[c-]c(-c2nccc3c(C)c(-c4ccccc4)sc23)cc(C)c1.[Ir]. The maximum absolute atomic E-state index is 11.7. The topological polar surface area (TPSA) is 50.2 Å². The molecule has 4 aromatic rings. The molecule has 1 N–H and O–H groups in total. The van der Waals surface area contributed by atoms with Crippen LogP contribution in [0.25, 0.3) is 31.8 Å². The molecule has 0 spiro atoms. The Hall–Kier alpha value is -2.59. The number of hydrogen-bond acceptors (Lipinski definition) is 4. The van der Waals surface area contributed by atoms with Gasteiger partial charge >= 0.3 is 0 Å². The molecule has 215 valence electrons. The maximum Gasteiger partial charge on any atom is 0.162 e. The first-order valence-corrected chi connectivity index (χ1v) is 14.9. The summed E-state index contributed by atoms with van der Waals surface area (Å²) in [6.45, 7) is 14.5. The first-order valence-electron chi connectivity index (χ1n) is 14.1. The fourth-order valence-electron chi connectivity index (χ4n) is 5.01. The molecule has 0 atom stereocenters. The number of carbonyl (C=O) groups is 1. The first-order chi connectivity index (χ1) is 18.7. The summed E-state index contributed by atoms with van der Waals surface area (Å²) < 4.78 is 1.25. The number of ketones is 1. The van der Waals surface area contributed by atoms with Crippen molar-refractivity contribution < 1.29 is 30.0 Å². The molecule has 0 amide bonds. The average Bonchev–Trinajstić information content (AvgIpc) is 3.27. The number of benzene rings is 2. The van der Waals surface area contributed by atoms with Gasteiger partial charge in [-0.3, -0.25) is 4.79 Å². The minimum Gasteiger partial charge on any atom is -0.512 e. The third-order valence-corrected chi connectivity index (χ3v) is 8.74. The minimum absolute atomic E-state index is 0. The number of rotatable bonds is 9. The van der Waals surface area contributed by atoms with E-state index in [-0.39, 0.29) is 43.5 Å². The number of thiophene rings is 1. The summed E-state index contributed by atoms with van der Waals surface area (Å²) >= 11 is 1.83. The first kappa shape index (κ1) is 33.6. The Morgan fingerprint density at radius 2 is 1.57 bits per heavy atom. The normalized spacial score (nSPS) is 11.4. The second-order valence-corrected chi connectivity index (χ2v) is 11.2. The molecule has 0 aliphatic carbocycles. The smallest absolute Gasteiger partial charge is 0.162 e. The van der Waals surface area contributed by atoms with E-state index < -0.39 is 0 Å². The van der Waals surface area contributed by atoms with E-state index in [2.05, 4.69) is 80.4 Å². The maximum atomic E-state index is 11.7. The van der Waals surface area contributed by atoms with Gasteiger partial charge in [-0.1, -0.05) is 71.9 Å². The molecule has 3 nitrogen and oxygen atoms in total. The second kappa shape index (κ2) is 16.0. The monoisotopic (exact) mass is 733 g/mol. The fourth-order valence-corrected chi connectivity index (χ4v) is 6.32. The van der Waals surface area contributed by atoms with Crippen LogP contribution in [0.3, 0.4) is 0 Å². The summed E-state index contributed by atoms with van der Waals surface area (Å²) in [5.41, 5.74) is 7.12. The molecule has 0 bridgehead atoms. The van der Waals surface area contributed by atoms with Crippen molar-refractivity contribution in [3.05, 3.63) is 89.3 Å². The van der Waals surface area contributed by atoms with E-state index >= 15 is 0 Å². The van der Waals surface area contributed by atoms with Gasteiger partial charge in [-0.05, 0) is 55.2 Å². The third-order valence-electron chi connectivity index (χ3n) is 7.37. The molecule has 2 aromatic heterocycles.